The highest BCUT2D eigenvalue weighted by Gasteiger charge is 2.28. The Morgan fingerprint density at radius 3 is 2.53 bits per heavy atom. The number of carbonyl (C=O) groups excluding carboxylic acids is 1. The van der Waals surface area contributed by atoms with Crippen LogP contribution in [-0.2, 0) is 4.79 Å². The first-order valence-electron chi connectivity index (χ1n) is 8.92. The van der Waals surface area contributed by atoms with Crippen molar-refractivity contribution in [1.29, 1.82) is 5.26 Å². The van der Waals surface area contributed by atoms with E-state index >= 15 is 0 Å². The highest BCUT2D eigenvalue weighted by Crippen LogP contribution is 2.20. The predicted molar refractivity (Wildman–Crippen MR) is 110 cm³/mol. The van der Waals surface area contributed by atoms with Crippen molar-refractivity contribution in [2.24, 2.45) is 5.41 Å². The van der Waals surface area contributed by atoms with E-state index in [9.17, 15) is 23.6 Å². The molecule has 3 rings (SSSR count). The van der Waals surface area contributed by atoms with Gasteiger partial charge in [-0.1, -0.05) is 26.8 Å². The number of thiazole rings is 1. The molecule has 0 spiro atoms. The molecule has 3 aromatic rings. The molecule has 1 aromatic carbocycles. The Kier molecular flexibility index (Phi) is 5.76. The average molecular weight is 425 g/mol. The Morgan fingerprint density at radius 2 is 1.97 bits per heavy atom. The minimum atomic E-state index is -0.985. The van der Waals surface area contributed by atoms with Gasteiger partial charge in [0.15, 0.2) is 5.78 Å². The highest BCUT2D eigenvalue weighted by molar-refractivity contribution is 7.07. The van der Waals surface area contributed by atoms with Crippen LogP contribution in [0.2, 0.25) is 0 Å². The van der Waals surface area contributed by atoms with Crippen molar-refractivity contribution in [3.8, 4) is 11.8 Å². The van der Waals surface area contributed by atoms with E-state index in [4.69, 9.17) is 0 Å². The van der Waals surface area contributed by atoms with Crippen LogP contribution in [0.3, 0.4) is 0 Å². The third-order valence-corrected chi connectivity index (χ3v) is 5.27. The van der Waals surface area contributed by atoms with Crippen LogP contribution in [0.1, 0.15) is 26.5 Å². The Bertz CT molecular complexity index is 1340. The molecule has 0 radical (unpaired) electrons. The Labute approximate surface area is 174 Å². The van der Waals surface area contributed by atoms with Crippen LogP contribution in [0, 0.1) is 28.4 Å². The third-order valence-electron chi connectivity index (χ3n) is 4.17. The predicted octanol–water partition coefficient (Wildman–Crippen LogP) is 2.69. The van der Waals surface area contributed by atoms with Crippen LogP contribution in [0.5, 0.6) is 0 Å². The number of halogens is 2. The third kappa shape index (κ3) is 4.11. The lowest BCUT2D eigenvalue weighted by Gasteiger charge is -2.15. The second-order valence-corrected chi connectivity index (χ2v) is 8.50. The Hall–Kier alpha value is -3.44. The molecule has 0 aliphatic rings. The lowest BCUT2D eigenvalue weighted by molar-refractivity contribution is -0.120. The number of nitriles is 1. The SMILES string of the molecule is CC(C)(C)C(=O)C(C#N)=c1sc(=Cc2ccccn2)c(=O)n1-c1ccc(F)cc1F. The first-order valence-corrected chi connectivity index (χ1v) is 9.74. The fourth-order valence-corrected chi connectivity index (χ4v) is 3.78. The molecule has 0 bridgehead atoms. The maximum absolute atomic E-state index is 14.5. The zero-order valence-corrected chi connectivity index (χ0v) is 17.3. The van der Waals surface area contributed by atoms with Gasteiger partial charge in [0.05, 0.1) is 15.9 Å². The first-order chi connectivity index (χ1) is 14.1. The lowest BCUT2D eigenvalue weighted by Crippen LogP contribution is -2.33. The summed E-state index contributed by atoms with van der Waals surface area (Å²) in [6.45, 7) is 4.92. The molecule has 0 N–H and O–H groups in total. The minimum absolute atomic E-state index is 0.0184. The monoisotopic (exact) mass is 425 g/mol. The van der Waals surface area contributed by atoms with Crippen molar-refractivity contribution in [2.45, 2.75) is 20.8 Å². The fourth-order valence-electron chi connectivity index (χ4n) is 2.70. The number of hydrogen-bond acceptors (Lipinski definition) is 5. The van der Waals surface area contributed by atoms with E-state index in [2.05, 4.69) is 4.98 Å². The number of hydrogen-bond donors (Lipinski definition) is 0. The summed E-state index contributed by atoms with van der Waals surface area (Å²) in [5.41, 5.74) is -1.57. The highest BCUT2D eigenvalue weighted by atomic mass is 32.1. The molecule has 152 valence electrons. The molecule has 30 heavy (non-hydrogen) atoms. The number of benzene rings is 1. The van der Waals surface area contributed by atoms with Gasteiger partial charge in [0.1, 0.15) is 27.9 Å². The number of nitrogens with zero attached hydrogens (tertiary/aromatic N) is 3. The number of Topliss-reactive ketones (excluding diaryl/α,β-unsaturated/α-hetero) is 1. The van der Waals surface area contributed by atoms with E-state index in [-0.39, 0.29) is 20.5 Å². The van der Waals surface area contributed by atoms with Crippen LogP contribution >= 0.6 is 11.3 Å². The van der Waals surface area contributed by atoms with Gasteiger partial charge >= 0.3 is 0 Å². The summed E-state index contributed by atoms with van der Waals surface area (Å²) in [7, 11) is 0. The average Bonchev–Trinajstić information content (AvgIpc) is 2.99. The van der Waals surface area contributed by atoms with E-state index in [1.807, 2.05) is 6.07 Å². The van der Waals surface area contributed by atoms with Crippen molar-refractivity contribution in [3.63, 3.8) is 0 Å². The van der Waals surface area contributed by atoms with Gasteiger partial charge in [-0.25, -0.2) is 8.78 Å². The van der Waals surface area contributed by atoms with Gasteiger partial charge in [0.2, 0.25) is 0 Å². The van der Waals surface area contributed by atoms with E-state index in [0.29, 0.717) is 11.8 Å². The van der Waals surface area contributed by atoms with Crippen LogP contribution in [-0.4, -0.2) is 15.3 Å². The molecule has 0 aliphatic heterocycles. The van der Waals surface area contributed by atoms with Gasteiger partial charge in [-0.05, 0) is 30.3 Å². The van der Waals surface area contributed by atoms with Crippen LogP contribution in [0.4, 0.5) is 8.78 Å². The number of ketones is 1. The molecule has 0 fully saturated rings. The van der Waals surface area contributed by atoms with Gasteiger partial charge in [-0.2, -0.15) is 5.26 Å². The van der Waals surface area contributed by atoms with E-state index < -0.39 is 28.4 Å². The quantitative estimate of drug-likeness (QED) is 0.647. The van der Waals surface area contributed by atoms with Gasteiger partial charge in [0.25, 0.3) is 5.56 Å². The largest absolute Gasteiger partial charge is 0.293 e. The Morgan fingerprint density at radius 1 is 1.23 bits per heavy atom. The Balaban J connectivity index is 2.48. The molecular formula is C22H17F2N3O2S. The van der Waals surface area contributed by atoms with Crippen molar-refractivity contribution in [2.75, 3.05) is 0 Å². The minimum Gasteiger partial charge on any atom is -0.293 e. The normalized spacial score (nSPS) is 13.1. The number of rotatable bonds is 3. The van der Waals surface area contributed by atoms with Crippen LogP contribution < -0.4 is 14.8 Å². The number of aromatic nitrogens is 2. The molecule has 5 nitrogen and oxygen atoms in total. The van der Waals surface area contributed by atoms with Gasteiger partial charge < -0.3 is 0 Å². The molecule has 2 aromatic heterocycles. The molecule has 0 amide bonds. The van der Waals surface area contributed by atoms with Crippen molar-refractivity contribution in [1.82, 2.24) is 9.55 Å². The van der Waals surface area contributed by atoms with Gasteiger partial charge in [0, 0.05) is 17.7 Å². The molecule has 0 saturated heterocycles. The van der Waals surface area contributed by atoms with Crippen LogP contribution in [0.25, 0.3) is 17.3 Å². The molecular weight excluding hydrogens is 408 g/mol. The maximum Gasteiger partial charge on any atom is 0.273 e. The van der Waals surface area contributed by atoms with E-state index in [0.717, 1.165) is 28.0 Å². The summed E-state index contributed by atoms with van der Waals surface area (Å²) in [5.74, 6) is -2.29. The molecule has 0 aliphatic carbocycles. The molecule has 8 heteroatoms. The molecule has 2 heterocycles. The summed E-state index contributed by atoms with van der Waals surface area (Å²) in [6, 6.07) is 9.74. The second-order valence-electron chi connectivity index (χ2n) is 7.47. The number of carbonyl (C=O) groups is 1. The van der Waals surface area contributed by atoms with Crippen molar-refractivity contribution < 1.29 is 13.6 Å². The summed E-state index contributed by atoms with van der Waals surface area (Å²) in [5, 5.41) is 9.69. The summed E-state index contributed by atoms with van der Waals surface area (Å²) < 4.78 is 29.0. The molecule has 0 atom stereocenters. The second kappa shape index (κ2) is 8.13. The van der Waals surface area contributed by atoms with Crippen molar-refractivity contribution >= 4 is 28.8 Å². The smallest absolute Gasteiger partial charge is 0.273 e. The van der Waals surface area contributed by atoms with Crippen LogP contribution in [0.15, 0.2) is 47.4 Å². The zero-order chi connectivity index (χ0) is 22.1. The standard InChI is InChI=1S/C22H17F2N3O2S/c1-22(2,3)19(28)15(12-25)21-27(17-8-7-13(23)10-16(17)24)20(29)18(30-21)11-14-6-4-5-9-26-14/h4-11H,1-3H3. The number of pyridine rings is 1. The van der Waals surface area contributed by atoms with Gasteiger partial charge in [-0.15, -0.1) is 11.3 Å². The van der Waals surface area contributed by atoms with Gasteiger partial charge in [-0.3, -0.25) is 19.1 Å². The summed E-state index contributed by atoms with van der Waals surface area (Å²) in [4.78, 5) is 30.1. The summed E-state index contributed by atoms with van der Waals surface area (Å²) in [6.07, 6.45) is 3.04. The maximum atomic E-state index is 14.5. The topological polar surface area (TPSA) is 75.8 Å². The first kappa shape index (κ1) is 21.3. The lowest BCUT2D eigenvalue weighted by atomic mass is 9.87. The molecule has 0 unspecified atom stereocenters. The molecule has 0 saturated carbocycles. The zero-order valence-electron chi connectivity index (χ0n) is 16.4. The van der Waals surface area contributed by atoms with Crippen molar-refractivity contribution in [3.05, 3.63) is 79.5 Å². The summed E-state index contributed by atoms with van der Waals surface area (Å²) >= 11 is 0.880. The van der Waals surface area contributed by atoms with E-state index in [1.165, 1.54) is 6.08 Å². The van der Waals surface area contributed by atoms with E-state index in [1.54, 1.807) is 45.2 Å². The fraction of sp³-hybridized carbons (Fsp3) is 0.182.